The normalized spacial score (nSPS) is 12.8. The van der Waals surface area contributed by atoms with E-state index < -0.39 is 0 Å². The summed E-state index contributed by atoms with van der Waals surface area (Å²) in [5.74, 6) is 1.41. The van der Waals surface area contributed by atoms with Crippen molar-refractivity contribution in [1.82, 2.24) is 14.5 Å². The van der Waals surface area contributed by atoms with Gasteiger partial charge in [-0.1, -0.05) is 0 Å². The summed E-state index contributed by atoms with van der Waals surface area (Å²) in [7, 11) is 1.61. The fourth-order valence-corrected chi connectivity index (χ4v) is 3.31. The summed E-state index contributed by atoms with van der Waals surface area (Å²) < 4.78 is 7.30. The Hall–Kier alpha value is -1.59. The number of halogens is 1. The molecule has 21 heavy (non-hydrogen) atoms. The van der Waals surface area contributed by atoms with Gasteiger partial charge in [0, 0.05) is 6.07 Å². The smallest absolute Gasteiger partial charge is 0.215 e. The highest BCUT2D eigenvalue weighted by Crippen LogP contribution is 2.27. The molecule has 0 radical (unpaired) electrons. The lowest BCUT2D eigenvalue weighted by molar-refractivity contribution is 0.399. The van der Waals surface area contributed by atoms with Crippen LogP contribution in [0.15, 0.2) is 22.9 Å². The van der Waals surface area contributed by atoms with Crippen LogP contribution < -0.4 is 4.74 Å². The van der Waals surface area contributed by atoms with Crippen molar-refractivity contribution in [2.75, 3.05) is 7.11 Å². The van der Waals surface area contributed by atoms with Crippen LogP contribution in [0.5, 0.6) is 5.88 Å². The largest absolute Gasteiger partial charge is 0.481 e. The van der Waals surface area contributed by atoms with Gasteiger partial charge in [-0.15, -0.1) is 11.6 Å². The third kappa shape index (κ3) is 2.63. The number of hydrogen-bond acceptors (Lipinski definition) is 4. The first-order chi connectivity index (χ1) is 10.1. The summed E-state index contributed by atoms with van der Waals surface area (Å²) >= 11 is 8.00. The molecule has 0 N–H and O–H groups in total. The van der Waals surface area contributed by atoms with E-state index >= 15 is 0 Å². The summed E-state index contributed by atoms with van der Waals surface area (Å²) in [4.78, 5) is 9.14. The fraction of sp³-hybridized carbons (Fsp3) is 0.333. The Balaban J connectivity index is 2.17. The zero-order chi connectivity index (χ0) is 15.0. The lowest BCUT2D eigenvalue weighted by Gasteiger charge is -2.10. The minimum Gasteiger partial charge on any atom is -0.481 e. The first-order valence-corrected chi connectivity index (χ1v) is 8.05. The monoisotopic (exact) mass is 321 g/mol. The molecule has 1 atom stereocenters. The zero-order valence-electron chi connectivity index (χ0n) is 12.1. The third-order valence-electron chi connectivity index (χ3n) is 3.45. The van der Waals surface area contributed by atoms with E-state index in [9.17, 15) is 0 Å². The minimum atomic E-state index is -0.177. The number of nitrogens with zero attached hydrogens (tertiary/aromatic N) is 3. The Labute approximate surface area is 132 Å². The van der Waals surface area contributed by atoms with Crippen LogP contribution in [-0.4, -0.2) is 21.6 Å². The predicted octanol–water partition coefficient (Wildman–Crippen LogP) is 4.16. The summed E-state index contributed by atoms with van der Waals surface area (Å²) in [6, 6.07) is 3.74. The van der Waals surface area contributed by atoms with Crippen molar-refractivity contribution in [2.45, 2.75) is 25.8 Å². The Bertz CT molecular complexity index is 778. The summed E-state index contributed by atoms with van der Waals surface area (Å²) in [5, 5.41) is 4.13. The van der Waals surface area contributed by atoms with Gasteiger partial charge in [0.15, 0.2) is 5.65 Å². The molecule has 4 nitrogen and oxygen atoms in total. The molecule has 0 aliphatic heterocycles. The molecule has 0 bridgehead atoms. The molecule has 0 saturated heterocycles. The molecule has 0 spiro atoms. The molecule has 0 aliphatic carbocycles. The Kier molecular flexibility index (Phi) is 3.87. The number of fused-ring (bicyclic) bond motifs is 1. The van der Waals surface area contributed by atoms with Gasteiger partial charge in [-0.05, 0) is 41.8 Å². The molecular formula is C15H16ClN3OS. The van der Waals surface area contributed by atoms with Crippen LogP contribution in [0, 0.1) is 6.92 Å². The van der Waals surface area contributed by atoms with E-state index in [1.807, 2.05) is 19.1 Å². The number of aryl methyl sites for hydroxylation is 1. The van der Waals surface area contributed by atoms with Crippen molar-refractivity contribution >= 4 is 34.1 Å². The standard InChI is InChI=1S/C15H16ClN3OS/c1-9-7-21-8-11(9)6-19-14(10(2)16)17-12-4-5-13(20-3)18-15(12)19/h4-5,7-8,10H,6H2,1-3H3. The van der Waals surface area contributed by atoms with Gasteiger partial charge in [-0.25, -0.2) is 4.98 Å². The van der Waals surface area contributed by atoms with Gasteiger partial charge < -0.3 is 9.30 Å². The number of aromatic nitrogens is 3. The van der Waals surface area contributed by atoms with Crippen LogP contribution in [0.3, 0.4) is 0 Å². The molecule has 3 aromatic heterocycles. The van der Waals surface area contributed by atoms with Gasteiger partial charge in [0.25, 0.3) is 0 Å². The topological polar surface area (TPSA) is 39.9 Å². The highest BCUT2D eigenvalue weighted by molar-refractivity contribution is 7.08. The van der Waals surface area contributed by atoms with Crippen LogP contribution in [0.1, 0.15) is 29.3 Å². The van der Waals surface area contributed by atoms with E-state index in [0.717, 1.165) is 23.5 Å². The van der Waals surface area contributed by atoms with Crippen molar-refractivity contribution < 1.29 is 4.74 Å². The minimum absolute atomic E-state index is 0.177. The lowest BCUT2D eigenvalue weighted by atomic mass is 10.2. The van der Waals surface area contributed by atoms with Crippen molar-refractivity contribution in [3.8, 4) is 5.88 Å². The van der Waals surface area contributed by atoms with Crippen LogP contribution in [0.4, 0.5) is 0 Å². The van der Waals surface area contributed by atoms with Crippen molar-refractivity contribution in [3.63, 3.8) is 0 Å². The Morgan fingerprint density at radius 1 is 1.33 bits per heavy atom. The second-order valence-corrected chi connectivity index (χ2v) is 6.35. The molecule has 0 aromatic carbocycles. The van der Waals surface area contributed by atoms with Crippen molar-refractivity contribution in [2.24, 2.45) is 0 Å². The predicted molar refractivity (Wildman–Crippen MR) is 86.5 cm³/mol. The summed E-state index contributed by atoms with van der Waals surface area (Å²) in [6.07, 6.45) is 0. The molecule has 0 amide bonds. The molecule has 0 aliphatic rings. The van der Waals surface area contributed by atoms with Gasteiger partial charge in [-0.3, -0.25) is 0 Å². The molecule has 1 unspecified atom stereocenters. The maximum absolute atomic E-state index is 6.29. The number of hydrogen-bond donors (Lipinski definition) is 0. The molecule has 3 aromatic rings. The average Bonchev–Trinajstić information content (AvgIpc) is 3.03. The van der Waals surface area contributed by atoms with Crippen molar-refractivity contribution in [3.05, 3.63) is 39.8 Å². The quantitative estimate of drug-likeness (QED) is 0.677. The number of methoxy groups -OCH3 is 1. The van der Waals surface area contributed by atoms with E-state index in [4.69, 9.17) is 16.3 Å². The number of ether oxygens (including phenoxy) is 1. The fourth-order valence-electron chi connectivity index (χ4n) is 2.29. The first kappa shape index (κ1) is 14.4. The van der Waals surface area contributed by atoms with Gasteiger partial charge in [0.1, 0.15) is 11.3 Å². The average molecular weight is 322 g/mol. The van der Waals surface area contributed by atoms with E-state index in [2.05, 4.69) is 32.2 Å². The Morgan fingerprint density at radius 3 is 2.76 bits per heavy atom. The summed E-state index contributed by atoms with van der Waals surface area (Å²) in [5.41, 5.74) is 4.19. The highest BCUT2D eigenvalue weighted by atomic mass is 35.5. The molecular weight excluding hydrogens is 306 g/mol. The van der Waals surface area contributed by atoms with Crippen molar-refractivity contribution in [1.29, 1.82) is 0 Å². The molecule has 6 heteroatoms. The van der Waals surface area contributed by atoms with E-state index in [1.54, 1.807) is 18.4 Å². The van der Waals surface area contributed by atoms with E-state index in [1.165, 1.54) is 11.1 Å². The molecule has 0 fully saturated rings. The van der Waals surface area contributed by atoms with Crippen LogP contribution >= 0.6 is 22.9 Å². The van der Waals surface area contributed by atoms with Gasteiger partial charge in [0.05, 0.1) is 19.0 Å². The molecule has 3 rings (SSSR count). The zero-order valence-corrected chi connectivity index (χ0v) is 13.7. The number of pyridine rings is 1. The van der Waals surface area contributed by atoms with Crippen LogP contribution in [0.2, 0.25) is 0 Å². The summed E-state index contributed by atoms with van der Waals surface area (Å²) in [6.45, 7) is 4.76. The number of imidazole rings is 1. The highest BCUT2D eigenvalue weighted by Gasteiger charge is 2.17. The second-order valence-electron chi connectivity index (χ2n) is 4.95. The first-order valence-electron chi connectivity index (χ1n) is 6.67. The SMILES string of the molecule is COc1ccc2nc(C(C)Cl)n(Cc3cscc3C)c2n1. The van der Waals surface area contributed by atoms with E-state index in [0.29, 0.717) is 5.88 Å². The van der Waals surface area contributed by atoms with Gasteiger partial charge >= 0.3 is 0 Å². The number of rotatable bonds is 4. The Morgan fingerprint density at radius 2 is 2.14 bits per heavy atom. The second kappa shape index (κ2) is 5.66. The van der Waals surface area contributed by atoms with Crippen LogP contribution in [-0.2, 0) is 6.54 Å². The lowest BCUT2D eigenvalue weighted by Crippen LogP contribution is -2.07. The number of alkyl halides is 1. The van der Waals surface area contributed by atoms with Gasteiger partial charge in [0.2, 0.25) is 5.88 Å². The maximum atomic E-state index is 6.29. The van der Waals surface area contributed by atoms with Gasteiger partial charge in [-0.2, -0.15) is 16.3 Å². The number of thiophene rings is 1. The molecule has 3 heterocycles. The molecule has 0 saturated carbocycles. The van der Waals surface area contributed by atoms with Crippen LogP contribution in [0.25, 0.3) is 11.2 Å². The molecule has 110 valence electrons. The van der Waals surface area contributed by atoms with E-state index in [-0.39, 0.29) is 5.38 Å². The third-order valence-corrected chi connectivity index (χ3v) is 4.56. The maximum Gasteiger partial charge on any atom is 0.215 e.